The zero-order valence-corrected chi connectivity index (χ0v) is 12.0. The number of hydrogen-bond acceptors (Lipinski definition) is 2. The molecule has 1 heterocycles. The third-order valence-electron chi connectivity index (χ3n) is 4.06. The summed E-state index contributed by atoms with van der Waals surface area (Å²) in [6, 6.07) is 7.35. The number of carboxylic acid groups (broad SMARTS) is 1. The Labute approximate surface area is 119 Å². The normalized spacial score (nSPS) is 19.3. The number of aliphatic carboxylic acids is 1. The molecule has 2 rings (SSSR count). The van der Waals surface area contributed by atoms with Crippen molar-refractivity contribution >= 4 is 17.6 Å². The lowest BCUT2D eigenvalue weighted by atomic mass is 9.89. The average molecular weight is 275 g/mol. The van der Waals surface area contributed by atoms with E-state index in [-0.39, 0.29) is 5.91 Å². The molecule has 1 N–H and O–H groups in total. The van der Waals surface area contributed by atoms with Crippen molar-refractivity contribution in [3.8, 4) is 0 Å². The third kappa shape index (κ3) is 2.84. The van der Waals surface area contributed by atoms with Crippen LogP contribution in [-0.4, -0.2) is 23.5 Å². The maximum atomic E-state index is 12.4. The lowest BCUT2D eigenvalue weighted by Gasteiger charge is -2.33. The van der Waals surface area contributed by atoms with Crippen LogP contribution in [0.1, 0.15) is 44.6 Å². The minimum atomic E-state index is -0.813. The van der Waals surface area contributed by atoms with Gasteiger partial charge in [-0.2, -0.15) is 0 Å². The van der Waals surface area contributed by atoms with E-state index in [2.05, 4.69) is 13.8 Å². The number of amides is 1. The molecule has 0 radical (unpaired) electrons. The molecule has 2 unspecified atom stereocenters. The number of carboxylic acids is 1. The Bertz CT molecular complexity index is 512. The Kier molecular flexibility index (Phi) is 4.42. The topological polar surface area (TPSA) is 57.6 Å². The second-order valence-corrected chi connectivity index (χ2v) is 5.50. The molecule has 1 aromatic carbocycles. The third-order valence-corrected chi connectivity index (χ3v) is 4.06. The fourth-order valence-corrected chi connectivity index (χ4v) is 2.63. The molecular weight excluding hydrogens is 254 g/mol. The number of carbonyl (C=O) groups excluding carboxylic acids is 1. The first-order valence-corrected chi connectivity index (χ1v) is 7.16. The average Bonchev–Trinajstić information content (AvgIpc) is 2.45. The Morgan fingerprint density at radius 3 is 2.75 bits per heavy atom. The highest BCUT2D eigenvalue weighted by Crippen LogP contribution is 2.35. The molecule has 2 atom stereocenters. The van der Waals surface area contributed by atoms with Crippen molar-refractivity contribution in [2.45, 2.75) is 39.0 Å². The van der Waals surface area contributed by atoms with Crippen LogP contribution >= 0.6 is 0 Å². The Morgan fingerprint density at radius 2 is 2.10 bits per heavy atom. The second kappa shape index (κ2) is 6.07. The summed E-state index contributed by atoms with van der Waals surface area (Å²) < 4.78 is 0. The van der Waals surface area contributed by atoms with E-state index in [4.69, 9.17) is 0 Å². The van der Waals surface area contributed by atoms with Crippen LogP contribution in [0, 0.1) is 5.92 Å². The van der Waals surface area contributed by atoms with Crippen molar-refractivity contribution in [2.24, 2.45) is 5.92 Å². The molecule has 0 saturated carbocycles. The van der Waals surface area contributed by atoms with Crippen LogP contribution in [0.25, 0.3) is 0 Å². The van der Waals surface area contributed by atoms with Gasteiger partial charge in [-0.15, -0.1) is 0 Å². The number of nitrogens with zero attached hydrogens (tertiary/aromatic N) is 1. The molecule has 108 valence electrons. The van der Waals surface area contributed by atoms with E-state index in [0.29, 0.717) is 25.3 Å². The molecule has 4 nitrogen and oxygen atoms in total. The summed E-state index contributed by atoms with van der Waals surface area (Å²) in [5.41, 5.74) is 1.52. The predicted molar refractivity (Wildman–Crippen MR) is 77.9 cm³/mol. The lowest BCUT2D eigenvalue weighted by molar-refractivity contribution is -0.139. The molecule has 1 aliphatic rings. The van der Waals surface area contributed by atoms with Crippen LogP contribution in [0.4, 0.5) is 5.69 Å². The van der Waals surface area contributed by atoms with Crippen LogP contribution < -0.4 is 4.90 Å². The Balaban J connectivity index is 2.27. The van der Waals surface area contributed by atoms with E-state index < -0.39 is 11.9 Å². The summed E-state index contributed by atoms with van der Waals surface area (Å²) in [5, 5.41) is 9.29. The molecule has 0 fully saturated rings. The van der Waals surface area contributed by atoms with Gasteiger partial charge in [-0.3, -0.25) is 9.59 Å². The smallest absolute Gasteiger partial charge is 0.311 e. The van der Waals surface area contributed by atoms with E-state index in [1.807, 2.05) is 24.3 Å². The lowest BCUT2D eigenvalue weighted by Crippen LogP contribution is -2.38. The molecule has 0 saturated heterocycles. The molecule has 20 heavy (non-hydrogen) atoms. The minimum Gasteiger partial charge on any atom is -0.481 e. The highest BCUT2D eigenvalue weighted by Gasteiger charge is 2.32. The number of carbonyl (C=O) groups is 2. The fraction of sp³-hybridized carbons (Fsp3) is 0.500. The number of anilines is 1. The van der Waals surface area contributed by atoms with Crippen LogP contribution in [0.2, 0.25) is 0 Å². The van der Waals surface area contributed by atoms with Crippen molar-refractivity contribution in [2.75, 3.05) is 11.4 Å². The van der Waals surface area contributed by atoms with Crippen molar-refractivity contribution < 1.29 is 14.7 Å². The van der Waals surface area contributed by atoms with Gasteiger partial charge in [0, 0.05) is 18.7 Å². The molecular formula is C16H21NO3. The quantitative estimate of drug-likeness (QED) is 0.919. The van der Waals surface area contributed by atoms with Gasteiger partial charge in [-0.05, 0) is 24.0 Å². The molecule has 1 aromatic rings. The van der Waals surface area contributed by atoms with Gasteiger partial charge in [0.05, 0.1) is 5.92 Å². The van der Waals surface area contributed by atoms with E-state index in [9.17, 15) is 14.7 Å². The van der Waals surface area contributed by atoms with Gasteiger partial charge in [-0.1, -0.05) is 38.5 Å². The molecule has 4 heteroatoms. The molecule has 0 bridgehead atoms. The van der Waals surface area contributed by atoms with Gasteiger partial charge < -0.3 is 10.0 Å². The van der Waals surface area contributed by atoms with Crippen LogP contribution in [0.3, 0.4) is 0 Å². The van der Waals surface area contributed by atoms with E-state index in [1.54, 1.807) is 4.90 Å². The predicted octanol–water partition coefficient (Wildman–Crippen LogP) is 3.03. The van der Waals surface area contributed by atoms with Crippen LogP contribution in [0.5, 0.6) is 0 Å². The van der Waals surface area contributed by atoms with Gasteiger partial charge >= 0.3 is 5.97 Å². The van der Waals surface area contributed by atoms with Gasteiger partial charge in [0.25, 0.3) is 0 Å². The number of rotatable bonds is 4. The van der Waals surface area contributed by atoms with E-state index in [1.165, 1.54) is 0 Å². The standard InChI is InChI=1S/C16H21NO3/c1-3-11(2)10-15(18)17-9-8-13(16(19)20)12-6-4-5-7-14(12)17/h4-7,11,13H,3,8-10H2,1-2H3,(H,19,20). The molecule has 1 amide bonds. The summed E-state index contributed by atoms with van der Waals surface area (Å²) in [4.78, 5) is 25.5. The number of benzene rings is 1. The Morgan fingerprint density at radius 1 is 1.40 bits per heavy atom. The number of hydrogen-bond donors (Lipinski definition) is 1. The zero-order chi connectivity index (χ0) is 14.7. The molecule has 0 spiro atoms. The van der Waals surface area contributed by atoms with E-state index in [0.717, 1.165) is 17.7 Å². The van der Waals surface area contributed by atoms with Gasteiger partial charge in [-0.25, -0.2) is 0 Å². The maximum Gasteiger partial charge on any atom is 0.311 e. The van der Waals surface area contributed by atoms with E-state index >= 15 is 0 Å². The summed E-state index contributed by atoms with van der Waals surface area (Å²) in [6.07, 6.45) is 1.97. The van der Waals surface area contributed by atoms with Crippen LogP contribution in [0.15, 0.2) is 24.3 Å². The largest absolute Gasteiger partial charge is 0.481 e. The first-order valence-electron chi connectivity index (χ1n) is 7.16. The first kappa shape index (κ1) is 14.6. The SMILES string of the molecule is CCC(C)CC(=O)N1CCC(C(=O)O)c2ccccc21. The molecule has 1 aliphatic heterocycles. The van der Waals surface area contributed by atoms with Crippen LogP contribution in [-0.2, 0) is 9.59 Å². The van der Waals surface area contributed by atoms with Crippen molar-refractivity contribution in [3.63, 3.8) is 0 Å². The number of fused-ring (bicyclic) bond motifs is 1. The maximum absolute atomic E-state index is 12.4. The minimum absolute atomic E-state index is 0.0932. The van der Waals surface area contributed by atoms with Crippen molar-refractivity contribution in [1.82, 2.24) is 0 Å². The van der Waals surface area contributed by atoms with Gasteiger partial charge in [0.1, 0.15) is 0 Å². The zero-order valence-electron chi connectivity index (χ0n) is 12.0. The molecule has 0 aromatic heterocycles. The summed E-state index contributed by atoms with van der Waals surface area (Å²) >= 11 is 0. The summed E-state index contributed by atoms with van der Waals surface area (Å²) in [7, 11) is 0. The Hall–Kier alpha value is -1.84. The molecule has 0 aliphatic carbocycles. The summed E-state index contributed by atoms with van der Waals surface area (Å²) in [6.45, 7) is 4.62. The highest BCUT2D eigenvalue weighted by molar-refractivity contribution is 5.96. The number of para-hydroxylation sites is 1. The summed E-state index contributed by atoms with van der Waals surface area (Å²) in [5.74, 6) is -0.868. The fourth-order valence-electron chi connectivity index (χ4n) is 2.63. The van der Waals surface area contributed by atoms with Crippen molar-refractivity contribution in [3.05, 3.63) is 29.8 Å². The van der Waals surface area contributed by atoms with Gasteiger partial charge in [0.15, 0.2) is 0 Å². The first-order chi connectivity index (χ1) is 9.54. The highest BCUT2D eigenvalue weighted by atomic mass is 16.4. The van der Waals surface area contributed by atoms with Crippen molar-refractivity contribution in [1.29, 1.82) is 0 Å². The monoisotopic (exact) mass is 275 g/mol. The van der Waals surface area contributed by atoms with Gasteiger partial charge in [0.2, 0.25) is 5.91 Å². The second-order valence-electron chi connectivity index (χ2n) is 5.50.